The van der Waals surface area contributed by atoms with Gasteiger partial charge in [-0.15, -0.1) is 0 Å². The van der Waals surface area contributed by atoms with Crippen LogP contribution in [0.15, 0.2) is 48.5 Å². The lowest BCUT2D eigenvalue weighted by atomic mass is 9.89. The van der Waals surface area contributed by atoms with E-state index in [2.05, 4.69) is 30.7 Å². The molecule has 2 atom stereocenters. The molecule has 2 aliphatic rings. The van der Waals surface area contributed by atoms with Crippen LogP contribution in [0, 0.1) is 6.42 Å². The van der Waals surface area contributed by atoms with Gasteiger partial charge in [-0.1, -0.05) is 31.2 Å². The highest BCUT2D eigenvalue weighted by atomic mass is 16.6. The van der Waals surface area contributed by atoms with Gasteiger partial charge in [-0.2, -0.15) is 0 Å². The topological polar surface area (TPSA) is 43.5 Å². The van der Waals surface area contributed by atoms with Crippen LogP contribution in [0.25, 0.3) is 0 Å². The van der Waals surface area contributed by atoms with Gasteiger partial charge in [0.1, 0.15) is 36.9 Å². The molecule has 4 nitrogen and oxygen atoms in total. The molecule has 2 radical (unpaired) electrons. The highest BCUT2D eigenvalue weighted by Crippen LogP contribution is 2.31. The Morgan fingerprint density at radius 2 is 1.40 bits per heavy atom. The van der Waals surface area contributed by atoms with Crippen LogP contribution in [0.2, 0.25) is 0 Å². The first-order valence-electron chi connectivity index (χ1n) is 8.68. The molecule has 2 unspecified atom stereocenters. The van der Waals surface area contributed by atoms with E-state index in [1.54, 1.807) is 0 Å². The van der Waals surface area contributed by atoms with Gasteiger partial charge in [0.15, 0.2) is 0 Å². The Bertz CT molecular complexity index is 647. The van der Waals surface area contributed by atoms with Crippen molar-refractivity contribution in [2.75, 3.05) is 26.4 Å². The average Bonchev–Trinajstić information content (AvgIpc) is 3.55. The minimum absolute atomic E-state index is 0.0708. The molecule has 25 heavy (non-hydrogen) atoms. The number of ether oxygens (including phenoxy) is 4. The van der Waals surface area contributed by atoms with E-state index in [1.165, 1.54) is 0 Å². The zero-order valence-electron chi connectivity index (χ0n) is 14.3. The summed E-state index contributed by atoms with van der Waals surface area (Å²) in [6.07, 6.45) is 3.90. The van der Waals surface area contributed by atoms with Gasteiger partial charge in [0, 0.05) is 5.92 Å². The van der Waals surface area contributed by atoms with Gasteiger partial charge in [-0.25, -0.2) is 0 Å². The quantitative estimate of drug-likeness (QED) is 0.657. The van der Waals surface area contributed by atoms with Crippen molar-refractivity contribution in [2.45, 2.75) is 25.0 Å². The first-order chi connectivity index (χ1) is 12.3. The third-order valence-corrected chi connectivity index (χ3v) is 4.35. The van der Waals surface area contributed by atoms with Gasteiger partial charge >= 0.3 is 0 Å². The molecule has 2 aromatic carbocycles. The largest absolute Gasteiger partial charge is 0.491 e. The van der Waals surface area contributed by atoms with E-state index in [9.17, 15) is 0 Å². The molecule has 2 fully saturated rings. The highest BCUT2D eigenvalue weighted by Gasteiger charge is 2.24. The van der Waals surface area contributed by atoms with Crippen molar-refractivity contribution < 1.29 is 18.9 Å². The molecule has 0 aromatic heterocycles. The molecule has 130 valence electrons. The maximum atomic E-state index is 5.81. The van der Waals surface area contributed by atoms with E-state index in [4.69, 9.17) is 18.9 Å². The van der Waals surface area contributed by atoms with Crippen molar-refractivity contribution in [2.24, 2.45) is 0 Å². The molecular weight excluding hydrogens is 316 g/mol. The van der Waals surface area contributed by atoms with Gasteiger partial charge in [0.2, 0.25) is 0 Å². The molecule has 0 saturated carbocycles. The normalized spacial score (nSPS) is 22.3. The third kappa shape index (κ3) is 4.53. The molecule has 4 heteroatoms. The van der Waals surface area contributed by atoms with Crippen LogP contribution in [0.5, 0.6) is 11.5 Å². The molecule has 2 aliphatic heterocycles. The number of benzene rings is 2. The molecule has 2 heterocycles. The Balaban J connectivity index is 1.48. The first kappa shape index (κ1) is 16.4. The summed E-state index contributed by atoms with van der Waals surface area (Å²) in [6.45, 7) is 4.79. The van der Waals surface area contributed by atoms with Crippen molar-refractivity contribution in [3.63, 3.8) is 0 Å². The summed E-state index contributed by atoms with van der Waals surface area (Å²) in [5, 5.41) is 0. The van der Waals surface area contributed by atoms with Crippen molar-refractivity contribution in [3.8, 4) is 11.5 Å². The average molecular weight is 338 g/mol. The molecule has 2 aromatic rings. The monoisotopic (exact) mass is 338 g/mol. The van der Waals surface area contributed by atoms with Crippen LogP contribution < -0.4 is 9.47 Å². The number of epoxide rings is 2. The van der Waals surface area contributed by atoms with Gasteiger partial charge in [0.25, 0.3) is 0 Å². The maximum absolute atomic E-state index is 5.81. The Labute approximate surface area is 148 Å². The second-order valence-corrected chi connectivity index (χ2v) is 6.40. The Hall–Kier alpha value is -2.04. The second kappa shape index (κ2) is 7.46. The van der Waals surface area contributed by atoms with Crippen molar-refractivity contribution in [3.05, 3.63) is 66.1 Å². The fraction of sp³-hybridized carbons (Fsp3) is 0.381. The number of hydrogen-bond acceptors (Lipinski definition) is 4. The van der Waals surface area contributed by atoms with E-state index in [1.807, 2.05) is 31.2 Å². The van der Waals surface area contributed by atoms with Gasteiger partial charge < -0.3 is 18.9 Å². The molecule has 0 spiro atoms. The molecule has 0 bridgehead atoms. The predicted octanol–water partition coefficient (Wildman–Crippen LogP) is 3.47. The van der Waals surface area contributed by atoms with E-state index in [0.29, 0.717) is 13.2 Å². The van der Waals surface area contributed by atoms with E-state index < -0.39 is 0 Å². The standard InChI is InChI=1S/C21H22O4/c1-2-21(15-5-3-7-17(9-15)22-11-19-13-24-19)16-6-4-8-18(10-16)23-12-20-14-25-20/h3-10,19-21H,11-14H2,1H3. The van der Waals surface area contributed by atoms with Crippen molar-refractivity contribution in [1.29, 1.82) is 0 Å². The molecular formula is C21H22O4. The van der Waals surface area contributed by atoms with Gasteiger partial charge in [-0.3, -0.25) is 0 Å². The SMILES string of the molecule is C[C]C(c1cccc(OCC2CO2)c1)c1cccc(OCC2CO2)c1. The molecule has 2 saturated heterocycles. The number of rotatable bonds is 9. The maximum Gasteiger partial charge on any atom is 0.119 e. The number of hydrogen-bond donors (Lipinski definition) is 0. The summed E-state index contributed by atoms with van der Waals surface area (Å²) in [7, 11) is 0. The lowest BCUT2D eigenvalue weighted by Gasteiger charge is -2.17. The Morgan fingerprint density at radius 3 is 1.80 bits per heavy atom. The molecule has 0 N–H and O–H groups in total. The van der Waals surface area contributed by atoms with E-state index in [0.717, 1.165) is 35.8 Å². The minimum Gasteiger partial charge on any atom is -0.491 e. The third-order valence-electron chi connectivity index (χ3n) is 4.35. The lowest BCUT2D eigenvalue weighted by molar-refractivity contribution is 0.262. The minimum atomic E-state index is 0.0708. The first-order valence-corrected chi connectivity index (χ1v) is 8.68. The Morgan fingerprint density at radius 1 is 0.920 bits per heavy atom. The second-order valence-electron chi connectivity index (χ2n) is 6.40. The van der Waals surface area contributed by atoms with Crippen LogP contribution in [0.1, 0.15) is 24.0 Å². The van der Waals surface area contributed by atoms with Crippen LogP contribution in [0.4, 0.5) is 0 Å². The summed E-state index contributed by atoms with van der Waals surface area (Å²) in [4.78, 5) is 0. The fourth-order valence-corrected chi connectivity index (χ4v) is 2.80. The highest BCUT2D eigenvalue weighted by molar-refractivity contribution is 5.41. The molecule has 0 aliphatic carbocycles. The van der Waals surface area contributed by atoms with E-state index >= 15 is 0 Å². The zero-order chi connectivity index (χ0) is 17.1. The summed E-state index contributed by atoms with van der Waals surface area (Å²) >= 11 is 0. The van der Waals surface area contributed by atoms with Gasteiger partial charge in [-0.05, 0) is 41.8 Å². The lowest BCUT2D eigenvalue weighted by Crippen LogP contribution is -2.06. The predicted molar refractivity (Wildman–Crippen MR) is 94.1 cm³/mol. The summed E-state index contributed by atoms with van der Waals surface area (Å²) in [5.41, 5.74) is 2.30. The van der Waals surface area contributed by atoms with Crippen molar-refractivity contribution >= 4 is 0 Å². The summed E-state index contributed by atoms with van der Waals surface area (Å²) in [5.74, 6) is 1.81. The van der Waals surface area contributed by atoms with Gasteiger partial charge in [0.05, 0.1) is 13.2 Å². The van der Waals surface area contributed by atoms with Crippen molar-refractivity contribution in [1.82, 2.24) is 0 Å². The molecule has 0 amide bonds. The van der Waals surface area contributed by atoms with E-state index in [-0.39, 0.29) is 18.1 Å². The summed E-state index contributed by atoms with van der Waals surface area (Å²) in [6, 6.07) is 16.4. The van der Waals surface area contributed by atoms with Crippen LogP contribution in [-0.2, 0) is 9.47 Å². The molecule has 4 rings (SSSR count). The zero-order valence-corrected chi connectivity index (χ0v) is 14.3. The van der Waals surface area contributed by atoms with Crippen LogP contribution in [0.3, 0.4) is 0 Å². The Kier molecular flexibility index (Phi) is 4.90. The van der Waals surface area contributed by atoms with Crippen LogP contribution >= 0.6 is 0 Å². The summed E-state index contributed by atoms with van der Waals surface area (Å²) < 4.78 is 22.0. The smallest absolute Gasteiger partial charge is 0.119 e. The fourth-order valence-electron chi connectivity index (χ4n) is 2.80. The van der Waals surface area contributed by atoms with Crippen LogP contribution in [-0.4, -0.2) is 38.6 Å².